The summed E-state index contributed by atoms with van der Waals surface area (Å²) in [5, 5.41) is 30.1. The fourth-order valence-corrected chi connectivity index (χ4v) is 3.84. The molecule has 2 heterocycles. The van der Waals surface area contributed by atoms with Gasteiger partial charge in [0.15, 0.2) is 0 Å². The maximum Gasteiger partial charge on any atom is 0.257 e. The van der Waals surface area contributed by atoms with Gasteiger partial charge in [-0.3, -0.25) is 0 Å². The molecule has 0 amide bonds. The fraction of sp³-hybridized carbons (Fsp3) is 0.240. The molecule has 9 nitrogen and oxygen atoms in total. The lowest BCUT2D eigenvalue weighted by Crippen LogP contribution is -2.03. The topological polar surface area (TPSA) is 120 Å². The molecule has 2 aromatic heterocycles. The first kappa shape index (κ1) is 25.2. The second-order valence-corrected chi connectivity index (χ2v) is 7.99. The third kappa shape index (κ3) is 4.91. The molecular formula is C25H23ClFN3O6. The first-order chi connectivity index (χ1) is 17.4. The Bertz CT molecular complexity index is 1370. The molecule has 0 bridgehead atoms. The minimum Gasteiger partial charge on any atom is -0.506 e. The monoisotopic (exact) mass is 515 g/mol. The van der Waals surface area contributed by atoms with Crippen LogP contribution in [0.25, 0.3) is 22.6 Å². The van der Waals surface area contributed by atoms with Gasteiger partial charge in [0.25, 0.3) is 5.89 Å². The molecule has 0 aliphatic rings. The Kier molecular flexibility index (Phi) is 7.56. The number of aromatic hydroxyl groups is 2. The van der Waals surface area contributed by atoms with E-state index in [4.69, 9.17) is 30.2 Å². The lowest BCUT2D eigenvalue weighted by atomic mass is 9.98. The van der Waals surface area contributed by atoms with Gasteiger partial charge in [-0.25, -0.2) is 9.37 Å². The summed E-state index contributed by atoms with van der Waals surface area (Å²) in [5.41, 5.74) is 1.23. The molecule has 36 heavy (non-hydrogen) atoms. The molecule has 0 aliphatic heterocycles. The number of methoxy groups -OCH3 is 2. The van der Waals surface area contributed by atoms with Crippen molar-refractivity contribution < 1.29 is 33.2 Å². The lowest BCUT2D eigenvalue weighted by Gasteiger charge is -2.18. The molecule has 0 saturated heterocycles. The van der Waals surface area contributed by atoms with Gasteiger partial charge in [0.05, 0.1) is 49.1 Å². The predicted molar refractivity (Wildman–Crippen MR) is 129 cm³/mol. The third-order valence-electron chi connectivity index (χ3n) is 5.37. The molecule has 4 aromatic rings. The number of ether oxygens (including phenoxy) is 3. The van der Waals surface area contributed by atoms with Gasteiger partial charge in [-0.1, -0.05) is 23.7 Å². The number of benzene rings is 2. The highest BCUT2D eigenvalue weighted by atomic mass is 35.5. The van der Waals surface area contributed by atoms with Crippen LogP contribution < -0.4 is 9.47 Å². The predicted octanol–water partition coefficient (Wildman–Crippen LogP) is 5.15. The minimum atomic E-state index is -0.575. The molecule has 2 N–H and O–H groups in total. The van der Waals surface area contributed by atoms with Crippen molar-refractivity contribution in [2.24, 2.45) is 0 Å². The van der Waals surface area contributed by atoms with E-state index in [0.29, 0.717) is 29.2 Å². The van der Waals surface area contributed by atoms with Crippen LogP contribution in [0.3, 0.4) is 0 Å². The van der Waals surface area contributed by atoms with Crippen molar-refractivity contribution in [1.29, 1.82) is 0 Å². The maximum absolute atomic E-state index is 13.8. The molecule has 0 spiro atoms. The van der Waals surface area contributed by atoms with Crippen molar-refractivity contribution in [3.63, 3.8) is 0 Å². The third-order valence-corrected chi connectivity index (χ3v) is 5.67. The van der Waals surface area contributed by atoms with Crippen LogP contribution in [-0.4, -0.2) is 46.2 Å². The zero-order valence-corrected chi connectivity index (χ0v) is 20.5. The van der Waals surface area contributed by atoms with Crippen molar-refractivity contribution in [1.82, 2.24) is 15.2 Å². The summed E-state index contributed by atoms with van der Waals surface area (Å²) >= 11 is 5.74. The van der Waals surface area contributed by atoms with Crippen molar-refractivity contribution >= 4 is 11.6 Å². The smallest absolute Gasteiger partial charge is 0.257 e. The second kappa shape index (κ2) is 10.8. The Balaban J connectivity index is 1.84. The van der Waals surface area contributed by atoms with E-state index < -0.39 is 11.7 Å². The van der Waals surface area contributed by atoms with Gasteiger partial charge in [0, 0.05) is 6.61 Å². The van der Waals surface area contributed by atoms with Gasteiger partial charge in [-0.05, 0) is 36.8 Å². The van der Waals surface area contributed by atoms with E-state index in [9.17, 15) is 14.6 Å². The Hall–Kier alpha value is -3.89. The summed E-state index contributed by atoms with van der Waals surface area (Å²) in [5.74, 6) is -0.747. The summed E-state index contributed by atoms with van der Waals surface area (Å²) in [4.78, 5) is 4.26. The van der Waals surface area contributed by atoms with Gasteiger partial charge in [0.1, 0.15) is 28.6 Å². The molecule has 0 saturated carbocycles. The summed E-state index contributed by atoms with van der Waals surface area (Å²) < 4.78 is 36.0. The maximum atomic E-state index is 13.8. The van der Waals surface area contributed by atoms with Crippen molar-refractivity contribution in [2.75, 3.05) is 20.8 Å². The van der Waals surface area contributed by atoms with Crippen LogP contribution in [0.4, 0.5) is 4.39 Å². The Morgan fingerprint density at radius 3 is 2.36 bits per heavy atom. The van der Waals surface area contributed by atoms with Crippen LogP contribution in [-0.2, 0) is 17.8 Å². The minimum absolute atomic E-state index is 0.00247. The average Bonchev–Trinajstić information content (AvgIpc) is 3.32. The molecule has 2 aromatic carbocycles. The van der Waals surface area contributed by atoms with E-state index in [1.165, 1.54) is 26.4 Å². The van der Waals surface area contributed by atoms with Gasteiger partial charge in [-0.2, -0.15) is 0 Å². The molecule has 188 valence electrons. The Morgan fingerprint density at radius 2 is 1.72 bits per heavy atom. The van der Waals surface area contributed by atoms with Crippen LogP contribution >= 0.6 is 11.6 Å². The molecular weight excluding hydrogens is 493 g/mol. The number of pyridine rings is 1. The molecule has 0 radical (unpaired) electrons. The molecule has 0 aliphatic carbocycles. The summed E-state index contributed by atoms with van der Waals surface area (Å²) in [6.45, 7) is 2.18. The van der Waals surface area contributed by atoms with Gasteiger partial charge >= 0.3 is 0 Å². The van der Waals surface area contributed by atoms with Crippen molar-refractivity contribution in [3.8, 4) is 45.7 Å². The van der Waals surface area contributed by atoms with E-state index in [0.717, 1.165) is 0 Å². The normalized spacial score (nSPS) is 11.0. The molecule has 0 unspecified atom stereocenters. The SMILES string of the molecule is CCOCc1nc(O)c(-c2nnc(Cc3ccc(Cl)c(F)c3)o2)c(O)c1-c1c(OC)cccc1OC. The van der Waals surface area contributed by atoms with E-state index in [1.54, 1.807) is 24.3 Å². The lowest BCUT2D eigenvalue weighted by molar-refractivity contribution is 0.131. The summed E-state index contributed by atoms with van der Waals surface area (Å²) in [7, 11) is 2.96. The number of rotatable bonds is 9. The number of nitrogens with zero attached hydrogens (tertiary/aromatic N) is 3. The zero-order chi connectivity index (χ0) is 25.8. The molecule has 0 atom stereocenters. The van der Waals surface area contributed by atoms with Crippen LogP contribution in [0.2, 0.25) is 5.02 Å². The zero-order valence-electron chi connectivity index (χ0n) is 19.7. The second-order valence-electron chi connectivity index (χ2n) is 7.58. The largest absolute Gasteiger partial charge is 0.506 e. The van der Waals surface area contributed by atoms with Crippen molar-refractivity contribution in [2.45, 2.75) is 20.0 Å². The van der Waals surface area contributed by atoms with Crippen LogP contribution in [0.1, 0.15) is 24.1 Å². The van der Waals surface area contributed by atoms with E-state index in [2.05, 4.69) is 15.2 Å². The summed E-state index contributed by atoms with van der Waals surface area (Å²) in [6.07, 6.45) is 0.103. The molecule has 11 heteroatoms. The quantitative estimate of drug-likeness (QED) is 0.312. The van der Waals surface area contributed by atoms with E-state index in [-0.39, 0.29) is 52.4 Å². The number of aromatic nitrogens is 3. The highest BCUT2D eigenvalue weighted by Gasteiger charge is 2.29. The number of halogens is 2. The highest BCUT2D eigenvalue weighted by Crippen LogP contribution is 2.49. The van der Waals surface area contributed by atoms with Crippen molar-refractivity contribution in [3.05, 3.63) is 64.4 Å². The van der Waals surface area contributed by atoms with Gasteiger partial charge in [0.2, 0.25) is 11.8 Å². The highest BCUT2D eigenvalue weighted by molar-refractivity contribution is 6.30. The number of hydrogen-bond acceptors (Lipinski definition) is 9. The fourth-order valence-electron chi connectivity index (χ4n) is 3.72. The standard InChI is InChI=1S/C25H23ClFN3O6/c1-4-35-12-16-20(21-17(33-2)6-5-7-18(21)34-3)23(31)22(24(32)28-16)25-30-29-19(36-25)11-13-8-9-14(26)15(27)10-13/h5-10H,4,11-12H2,1-3H3,(H2,28,31,32). The first-order valence-electron chi connectivity index (χ1n) is 10.9. The summed E-state index contributed by atoms with van der Waals surface area (Å²) in [6, 6.07) is 9.44. The van der Waals surface area contributed by atoms with Crippen LogP contribution in [0, 0.1) is 5.82 Å². The number of hydrogen-bond donors (Lipinski definition) is 2. The van der Waals surface area contributed by atoms with Crippen LogP contribution in [0.5, 0.6) is 23.1 Å². The Morgan fingerprint density at radius 1 is 1.00 bits per heavy atom. The van der Waals surface area contributed by atoms with Gasteiger partial charge < -0.3 is 28.8 Å². The molecule has 4 rings (SSSR count). The van der Waals surface area contributed by atoms with E-state index in [1.807, 2.05) is 6.92 Å². The van der Waals surface area contributed by atoms with Gasteiger partial charge in [-0.15, -0.1) is 10.2 Å². The molecule has 0 fully saturated rings. The van der Waals surface area contributed by atoms with E-state index >= 15 is 0 Å². The Labute approximate surface area is 211 Å². The average molecular weight is 516 g/mol. The van der Waals surface area contributed by atoms with Crippen LogP contribution in [0.15, 0.2) is 40.8 Å². The first-order valence-corrected chi connectivity index (χ1v) is 11.3.